The first-order valence-electron chi connectivity index (χ1n) is 6.18. The lowest BCUT2D eigenvalue weighted by Gasteiger charge is -2.28. The SMILES string of the molecule is CCC1OC(=O)c2ccccc2C(=O)OC1CC. The number of carbonyl (C=O) groups is 2. The van der Waals surface area contributed by atoms with E-state index in [1.807, 2.05) is 13.8 Å². The predicted molar refractivity (Wildman–Crippen MR) is 65.4 cm³/mol. The highest BCUT2D eigenvalue weighted by atomic mass is 16.6. The number of cyclic esters (lactones) is 2. The van der Waals surface area contributed by atoms with Crippen molar-refractivity contribution in [2.45, 2.75) is 38.9 Å². The molecule has 4 nitrogen and oxygen atoms in total. The molecular formula is C14H16O4. The zero-order chi connectivity index (χ0) is 13.1. The molecule has 1 heterocycles. The number of esters is 2. The molecule has 4 heteroatoms. The third-order valence-electron chi connectivity index (χ3n) is 3.10. The molecule has 2 unspecified atom stereocenters. The second-order valence-electron chi connectivity index (χ2n) is 4.25. The fourth-order valence-corrected chi connectivity index (χ4v) is 2.09. The van der Waals surface area contributed by atoms with Gasteiger partial charge in [-0.05, 0) is 25.0 Å². The Bertz CT molecular complexity index is 424. The third-order valence-corrected chi connectivity index (χ3v) is 3.10. The van der Waals surface area contributed by atoms with Gasteiger partial charge >= 0.3 is 11.9 Å². The minimum absolute atomic E-state index is 0.274. The molecule has 0 saturated heterocycles. The zero-order valence-electron chi connectivity index (χ0n) is 10.5. The van der Waals surface area contributed by atoms with E-state index in [1.165, 1.54) is 0 Å². The van der Waals surface area contributed by atoms with Crippen molar-refractivity contribution in [3.05, 3.63) is 35.4 Å². The molecule has 1 aliphatic heterocycles. The number of benzene rings is 1. The molecular weight excluding hydrogens is 232 g/mol. The topological polar surface area (TPSA) is 52.6 Å². The van der Waals surface area contributed by atoms with Gasteiger partial charge in [-0.15, -0.1) is 0 Å². The molecule has 18 heavy (non-hydrogen) atoms. The van der Waals surface area contributed by atoms with Crippen LogP contribution in [0.15, 0.2) is 24.3 Å². The quantitative estimate of drug-likeness (QED) is 0.755. The summed E-state index contributed by atoms with van der Waals surface area (Å²) in [5.74, 6) is -0.903. The summed E-state index contributed by atoms with van der Waals surface area (Å²) >= 11 is 0. The molecule has 0 aromatic heterocycles. The van der Waals surface area contributed by atoms with Crippen molar-refractivity contribution in [3.8, 4) is 0 Å². The van der Waals surface area contributed by atoms with Crippen LogP contribution in [0.25, 0.3) is 0 Å². The molecule has 2 atom stereocenters. The number of fused-ring (bicyclic) bond motifs is 1. The van der Waals surface area contributed by atoms with Crippen molar-refractivity contribution in [1.29, 1.82) is 0 Å². The first-order chi connectivity index (χ1) is 8.67. The Morgan fingerprint density at radius 1 is 0.889 bits per heavy atom. The summed E-state index contributed by atoms with van der Waals surface area (Å²) in [6.45, 7) is 3.81. The maximum Gasteiger partial charge on any atom is 0.339 e. The first kappa shape index (κ1) is 12.6. The van der Waals surface area contributed by atoms with Crippen molar-refractivity contribution >= 4 is 11.9 Å². The molecule has 1 aromatic carbocycles. The fourth-order valence-electron chi connectivity index (χ4n) is 2.09. The highest BCUT2D eigenvalue weighted by Gasteiger charge is 2.32. The average molecular weight is 248 g/mol. The normalized spacial score (nSPS) is 23.4. The van der Waals surface area contributed by atoms with Crippen molar-refractivity contribution in [1.82, 2.24) is 0 Å². The van der Waals surface area contributed by atoms with Crippen LogP contribution in [0.2, 0.25) is 0 Å². The van der Waals surface area contributed by atoms with E-state index in [-0.39, 0.29) is 23.3 Å². The Morgan fingerprint density at radius 3 is 1.61 bits per heavy atom. The monoisotopic (exact) mass is 248 g/mol. The molecule has 2 rings (SSSR count). The van der Waals surface area contributed by atoms with Crippen molar-refractivity contribution < 1.29 is 19.1 Å². The summed E-state index contributed by atoms with van der Waals surface area (Å²) in [7, 11) is 0. The third kappa shape index (κ3) is 2.23. The smallest absolute Gasteiger partial charge is 0.339 e. The lowest BCUT2D eigenvalue weighted by atomic mass is 10.0. The van der Waals surface area contributed by atoms with Crippen molar-refractivity contribution in [2.24, 2.45) is 0 Å². The lowest BCUT2D eigenvalue weighted by molar-refractivity contribution is -0.0416. The van der Waals surface area contributed by atoms with Gasteiger partial charge in [0.05, 0.1) is 11.1 Å². The maximum absolute atomic E-state index is 12.0. The Kier molecular flexibility index (Phi) is 3.65. The van der Waals surface area contributed by atoms with Gasteiger partial charge in [0.15, 0.2) is 0 Å². The molecule has 0 fully saturated rings. The molecule has 1 aliphatic rings. The minimum atomic E-state index is -0.451. The van der Waals surface area contributed by atoms with E-state index in [0.717, 1.165) is 0 Å². The molecule has 1 aromatic rings. The highest BCUT2D eigenvalue weighted by Crippen LogP contribution is 2.22. The standard InChI is InChI=1S/C14H16O4/c1-3-11-12(4-2)18-14(16)10-8-6-5-7-9(10)13(15)17-11/h5-8,11-12H,3-4H2,1-2H3. The van der Waals surface area contributed by atoms with Crippen LogP contribution < -0.4 is 0 Å². The largest absolute Gasteiger partial charge is 0.455 e. The van der Waals surface area contributed by atoms with E-state index < -0.39 is 11.9 Å². The van der Waals surface area contributed by atoms with Gasteiger partial charge in [-0.1, -0.05) is 26.0 Å². The number of ether oxygens (including phenoxy) is 2. The fraction of sp³-hybridized carbons (Fsp3) is 0.429. The predicted octanol–water partition coefficient (Wildman–Crippen LogP) is 2.57. The van der Waals surface area contributed by atoms with E-state index in [4.69, 9.17) is 9.47 Å². The summed E-state index contributed by atoms with van der Waals surface area (Å²) in [5, 5.41) is 0. The van der Waals surface area contributed by atoms with Gasteiger partial charge in [0.25, 0.3) is 0 Å². The first-order valence-corrected chi connectivity index (χ1v) is 6.18. The van der Waals surface area contributed by atoms with Crippen LogP contribution in [-0.2, 0) is 9.47 Å². The number of carbonyl (C=O) groups excluding carboxylic acids is 2. The van der Waals surface area contributed by atoms with Gasteiger partial charge in [-0.25, -0.2) is 9.59 Å². The number of rotatable bonds is 2. The molecule has 0 amide bonds. The van der Waals surface area contributed by atoms with Crippen molar-refractivity contribution in [2.75, 3.05) is 0 Å². The summed E-state index contributed by atoms with van der Waals surface area (Å²) < 4.78 is 10.8. The van der Waals surface area contributed by atoms with E-state index in [9.17, 15) is 9.59 Å². The summed E-state index contributed by atoms with van der Waals surface area (Å²) in [6.07, 6.45) is 0.499. The van der Waals surface area contributed by atoms with Crippen molar-refractivity contribution in [3.63, 3.8) is 0 Å². The zero-order valence-corrected chi connectivity index (χ0v) is 10.5. The Balaban J connectivity index is 2.42. The second kappa shape index (κ2) is 5.21. The van der Waals surface area contributed by atoms with Gasteiger partial charge in [-0.2, -0.15) is 0 Å². The molecule has 0 bridgehead atoms. The number of hydrogen-bond acceptors (Lipinski definition) is 4. The van der Waals surface area contributed by atoms with Crippen LogP contribution in [0.5, 0.6) is 0 Å². The molecule has 0 radical (unpaired) electrons. The van der Waals surface area contributed by atoms with Gasteiger partial charge < -0.3 is 9.47 Å². The van der Waals surface area contributed by atoms with Crippen LogP contribution in [-0.4, -0.2) is 24.1 Å². The van der Waals surface area contributed by atoms with Crippen LogP contribution in [0, 0.1) is 0 Å². The van der Waals surface area contributed by atoms with Crippen LogP contribution in [0.4, 0.5) is 0 Å². The van der Waals surface area contributed by atoms with Gasteiger partial charge in [0, 0.05) is 0 Å². The maximum atomic E-state index is 12.0. The molecule has 96 valence electrons. The van der Waals surface area contributed by atoms with E-state index >= 15 is 0 Å². The summed E-state index contributed by atoms with van der Waals surface area (Å²) in [4.78, 5) is 24.0. The van der Waals surface area contributed by atoms with Gasteiger partial charge in [0.1, 0.15) is 12.2 Å². The number of hydrogen-bond donors (Lipinski definition) is 0. The molecule has 0 saturated carbocycles. The van der Waals surface area contributed by atoms with Crippen LogP contribution in [0.3, 0.4) is 0 Å². The van der Waals surface area contributed by atoms with E-state index in [2.05, 4.69) is 0 Å². The van der Waals surface area contributed by atoms with Gasteiger partial charge in [0.2, 0.25) is 0 Å². The average Bonchev–Trinajstić information content (AvgIpc) is 2.40. The van der Waals surface area contributed by atoms with Crippen LogP contribution in [0.1, 0.15) is 47.4 Å². The highest BCUT2D eigenvalue weighted by molar-refractivity contribution is 6.03. The Hall–Kier alpha value is -1.84. The molecule has 0 N–H and O–H groups in total. The summed E-state index contributed by atoms with van der Waals surface area (Å²) in [5.41, 5.74) is 0.547. The lowest BCUT2D eigenvalue weighted by Crippen LogP contribution is -2.37. The summed E-state index contributed by atoms with van der Waals surface area (Å²) in [6, 6.07) is 6.57. The second-order valence-corrected chi connectivity index (χ2v) is 4.25. The Labute approximate surface area is 106 Å². The van der Waals surface area contributed by atoms with Gasteiger partial charge in [-0.3, -0.25) is 0 Å². The Morgan fingerprint density at radius 2 is 1.28 bits per heavy atom. The van der Waals surface area contributed by atoms with E-state index in [0.29, 0.717) is 12.8 Å². The minimum Gasteiger partial charge on any atom is -0.455 e. The molecule has 0 spiro atoms. The molecule has 0 aliphatic carbocycles. The van der Waals surface area contributed by atoms with E-state index in [1.54, 1.807) is 24.3 Å². The van der Waals surface area contributed by atoms with Crippen LogP contribution >= 0.6 is 0 Å².